The van der Waals surface area contributed by atoms with Crippen LogP contribution in [-0.4, -0.2) is 28.6 Å². The number of amides is 2. The molecule has 0 bridgehead atoms. The van der Waals surface area contributed by atoms with Crippen LogP contribution in [0.3, 0.4) is 0 Å². The molecule has 1 aromatic heterocycles. The monoisotopic (exact) mass is 316 g/mol. The Hall–Kier alpha value is -2.28. The van der Waals surface area contributed by atoms with Crippen molar-refractivity contribution in [3.05, 3.63) is 35.3 Å². The third-order valence-corrected chi connectivity index (χ3v) is 4.36. The second-order valence-electron chi connectivity index (χ2n) is 5.12. The minimum atomic E-state index is -0.360. The topological polar surface area (TPSA) is 75.2 Å². The summed E-state index contributed by atoms with van der Waals surface area (Å²) in [6.45, 7) is 2.46. The molecule has 1 aliphatic heterocycles. The van der Waals surface area contributed by atoms with E-state index in [1.807, 2.05) is 24.3 Å². The predicted molar refractivity (Wildman–Crippen MR) is 84.8 cm³/mol. The molecule has 0 spiro atoms. The second kappa shape index (κ2) is 6.23. The van der Waals surface area contributed by atoms with Gasteiger partial charge in [-0.05, 0) is 18.1 Å². The Kier molecular flexibility index (Phi) is 4.15. The summed E-state index contributed by atoms with van der Waals surface area (Å²) >= 11 is 1.26. The Balaban J connectivity index is 1.74. The highest BCUT2D eigenvalue weighted by Gasteiger charge is 2.36. The number of rotatable bonds is 4. The van der Waals surface area contributed by atoms with Crippen LogP contribution in [0.15, 0.2) is 29.8 Å². The summed E-state index contributed by atoms with van der Waals surface area (Å²) in [5, 5.41) is 10.6. The van der Waals surface area contributed by atoms with Gasteiger partial charge in [0, 0.05) is 18.7 Å². The maximum Gasteiger partial charge on any atom is 0.231 e. The normalized spacial score (nSPS) is 17.8. The van der Waals surface area contributed by atoms with Crippen LogP contribution >= 0.6 is 11.3 Å². The van der Waals surface area contributed by atoms with E-state index in [0.29, 0.717) is 11.7 Å². The Morgan fingerprint density at radius 1 is 1.45 bits per heavy atom. The number of hydrogen-bond acceptors (Lipinski definition) is 5. The van der Waals surface area contributed by atoms with Crippen molar-refractivity contribution < 1.29 is 9.59 Å². The van der Waals surface area contributed by atoms with E-state index in [-0.39, 0.29) is 24.2 Å². The number of benzene rings is 1. The van der Waals surface area contributed by atoms with Crippen molar-refractivity contribution in [2.24, 2.45) is 5.92 Å². The van der Waals surface area contributed by atoms with Crippen LogP contribution in [0.5, 0.6) is 0 Å². The van der Waals surface area contributed by atoms with Crippen molar-refractivity contribution in [3.63, 3.8) is 0 Å². The molecule has 2 amide bonds. The first-order valence-electron chi connectivity index (χ1n) is 7.14. The fourth-order valence-electron chi connectivity index (χ4n) is 2.62. The number of carbonyl (C=O) groups excluding carboxylic acids is 2. The molecule has 2 heterocycles. The van der Waals surface area contributed by atoms with Gasteiger partial charge in [0.25, 0.3) is 0 Å². The highest BCUT2D eigenvalue weighted by Crippen LogP contribution is 2.29. The number of anilines is 2. The third-order valence-electron chi connectivity index (χ3n) is 3.75. The van der Waals surface area contributed by atoms with Crippen LogP contribution in [0.2, 0.25) is 0 Å². The predicted octanol–water partition coefficient (Wildman–Crippen LogP) is 2.09. The van der Waals surface area contributed by atoms with Gasteiger partial charge in [-0.15, -0.1) is 10.2 Å². The molecule has 1 atom stereocenters. The van der Waals surface area contributed by atoms with Crippen LogP contribution in [0.25, 0.3) is 0 Å². The first-order valence-corrected chi connectivity index (χ1v) is 8.02. The molecule has 7 heteroatoms. The zero-order chi connectivity index (χ0) is 15.5. The van der Waals surface area contributed by atoms with E-state index >= 15 is 0 Å². The van der Waals surface area contributed by atoms with Crippen molar-refractivity contribution in [2.45, 2.75) is 19.8 Å². The lowest BCUT2D eigenvalue weighted by atomic mass is 10.1. The summed E-state index contributed by atoms with van der Waals surface area (Å²) in [6.07, 6.45) is 1.07. The SMILES string of the molecule is CCc1ccccc1N1CC(C(=O)Nc2nncs2)CC1=O. The highest BCUT2D eigenvalue weighted by atomic mass is 32.1. The van der Waals surface area contributed by atoms with E-state index < -0.39 is 0 Å². The van der Waals surface area contributed by atoms with Crippen LogP contribution < -0.4 is 10.2 Å². The van der Waals surface area contributed by atoms with Crippen LogP contribution in [0.1, 0.15) is 18.9 Å². The zero-order valence-electron chi connectivity index (χ0n) is 12.2. The van der Waals surface area contributed by atoms with E-state index in [1.165, 1.54) is 11.3 Å². The van der Waals surface area contributed by atoms with Gasteiger partial charge in [-0.3, -0.25) is 9.59 Å². The number of nitrogens with one attached hydrogen (secondary N) is 1. The Labute approximate surface area is 132 Å². The molecule has 1 N–H and O–H groups in total. The molecule has 1 aromatic carbocycles. The quantitative estimate of drug-likeness (QED) is 0.937. The standard InChI is InChI=1S/C15H16N4O2S/c1-2-10-5-3-4-6-12(10)19-8-11(7-13(19)20)14(21)17-15-18-16-9-22-15/h3-6,9,11H,2,7-8H2,1H3,(H,17,18,21). The molecule has 2 aromatic rings. The van der Waals surface area contributed by atoms with Crippen LogP contribution in [0.4, 0.5) is 10.8 Å². The summed E-state index contributed by atoms with van der Waals surface area (Å²) in [5.74, 6) is -0.554. The Morgan fingerprint density at radius 3 is 3.00 bits per heavy atom. The van der Waals surface area contributed by atoms with Crippen molar-refractivity contribution in [2.75, 3.05) is 16.8 Å². The average Bonchev–Trinajstić information content (AvgIpc) is 3.16. The van der Waals surface area contributed by atoms with Gasteiger partial charge in [-0.25, -0.2) is 0 Å². The molecule has 3 rings (SSSR count). The average molecular weight is 316 g/mol. The maximum absolute atomic E-state index is 12.3. The van der Waals surface area contributed by atoms with E-state index in [4.69, 9.17) is 0 Å². The van der Waals surface area contributed by atoms with Gasteiger partial charge in [-0.2, -0.15) is 0 Å². The molecular weight excluding hydrogens is 300 g/mol. The lowest BCUT2D eigenvalue weighted by molar-refractivity contribution is -0.122. The van der Waals surface area contributed by atoms with Crippen molar-refractivity contribution in [1.82, 2.24) is 10.2 Å². The molecule has 22 heavy (non-hydrogen) atoms. The van der Waals surface area contributed by atoms with Crippen LogP contribution in [0, 0.1) is 5.92 Å². The van der Waals surface area contributed by atoms with Crippen molar-refractivity contribution >= 4 is 34.0 Å². The van der Waals surface area contributed by atoms with Gasteiger partial charge in [0.2, 0.25) is 16.9 Å². The Bertz CT molecular complexity index is 687. The van der Waals surface area contributed by atoms with Gasteiger partial charge in [-0.1, -0.05) is 36.5 Å². The molecule has 0 radical (unpaired) electrons. The first kappa shape index (κ1) is 14.6. The molecule has 114 valence electrons. The number of hydrogen-bond donors (Lipinski definition) is 1. The molecule has 1 unspecified atom stereocenters. The van der Waals surface area contributed by atoms with E-state index in [1.54, 1.807) is 10.4 Å². The minimum Gasteiger partial charge on any atom is -0.311 e. The number of para-hydroxylation sites is 1. The van der Waals surface area contributed by atoms with Crippen LogP contribution in [-0.2, 0) is 16.0 Å². The van der Waals surface area contributed by atoms with Gasteiger partial charge in [0.1, 0.15) is 5.51 Å². The van der Waals surface area contributed by atoms with Gasteiger partial charge in [0.15, 0.2) is 0 Å². The van der Waals surface area contributed by atoms with Gasteiger partial charge in [0.05, 0.1) is 5.92 Å². The summed E-state index contributed by atoms with van der Waals surface area (Å²) < 4.78 is 0. The van der Waals surface area contributed by atoms with E-state index in [2.05, 4.69) is 22.4 Å². The van der Waals surface area contributed by atoms with E-state index in [0.717, 1.165) is 17.7 Å². The zero-order valence-corrected chi connectivity index (χ0v) is 13.0. The van der Waals surface area contributed by atoms with Crippen molar-refractivity contribution in [3.8, 4) is 0 Å². The molecule has 1 fully saturated rings. The van der Waals surface area contributed by atoms with Crippen molar-refractivity contribution in [1.29, 1.82) is 0 Å². The summed E-state index contributed by atoms with van der Waals surface area (Å²) in [7, 11) is 0. The Morgan fingerprint density at radius 2 is 2.27 bits per heavy atom. The maximum atomic E-state index is 12.3. The van der Waals surface area contributed by atoms with E-state index in [9.17, 15) is 9.59 Å². The molecular formula is C15H16N4O2S. The molecule has 6 nitrogen and oxygen atoms in total. The minimum absolute atomic E-state index is 0.0155. The third kappa shape index (κ3) is 2.85. The lowest BCUT2D eigenvalue weighted by Crippen LogP contribution is -2.28. The first-order chi connectivity index (χ1) is 10.7. The molecule has 0 aliphatic carbocycles. The smallest absolute Gasteiger partial charge is 0.231 e. The molecule has 1 saturated heterocycles. The van der Waals surface area contributed by atoms with Gasteiger partial charge >= 0.3 is 0 Å². The summed E-state index contributed by atoms with van der Waals surface area (Å²) in [4.78, 5) is 26.2. The molecule has 1 aliphatic rings. The fourth-order valence-corrected chi connectivity index (χ4v) is 3.07. The number of aromatic nitrogens is 2. The second-order valence-corrected chi connectivity index (χ2v) is 5.95. The number of nitrogens with zero attached hydrogens (tertiary/aromatic N) is 3. The largest absolute Gasteiger partial charge is 0.311 e. The number of aryl methyl sites for hydroxylation is 1. The lowest BCUT2D eigenvalue weighted by Gasteiger charge is -2.19. The van der Waals surface area contributed by atoms with Gasteiger partial charge < -0.3 is 10.2 Å². The summed E-state index contributed by atoms with van der Waals surface area (Å²) in [5.41, 5.74) is 3.57. The summed E-state index contributed by atoms with van der Waals surface area (Å²) in [6, 6.07) is 7.82. The molecule has 0 saturated carbocycles. The fraction of sp³-hybridized carbons (Fsp3) is 0.333. The number of carbonyl (C=O) groups is 2. The highest BCUT2D eigenvalue weighted by molar-refractivity contribution is 7.13.